The molecule has 2 atom stereocenters. The molecule has 0 aromatic heterocycles. The molecule has 0 amide bonds. The highest BCUT2D eigenvalue weighted by Crippen LogP contribution is 2.43. The average Bonchev–Trinajstić information content (AvgIpc) is 3.09. The van der Waals surface area contributed by atoms with Crippen molar-refractivity contribution < 1.29 is 4.74 Å². The molecule has 0 saturated carbocycles. The van der Waals surface area contributed by atoms with Crippen LogP contribution in [0.25, 0.3) is 0 Å². The molecule has 2 unspecified atom stereocenters. The molecule has 1 aromatic carbocycles. The lowest BCUT2D eigenvalue weighted by Crippen LogP contribution is -2.37. The zero-order valence-electron chi connectivity index (χ0n) is 11.4. The highest BCUT2D eigenvalue weighted by Gasteiger charge is 2.33. The van der Waals surface area contributed by atoms with Gasteiger partial charge in [-0.3, -0.25) is 0 Å². The number of hydrogen-bond donors (Lipinski definition) is 1. The van der Waals surface area contributed by atoms with Crippen LogP contribution in [0.2, 0.25) is 0 Å². The second-order valence-electron chi connectivity index (χ2n) is 5.13. The summed E-state index contributed by atoms with van der Waals surface area (Å²) in [6.07, 6.45) is 4.48. The summed E-state index contributed by atoms with van der Waals surface area (Å²) in [5.74, 6) is 2.86. The number of hydrogen-bond acceptors (Lipinski definition) is 3. The van der Waals surface area contributed by atoms with Crippen molar-refractivity contribution in [3.05, 3.63) is 41.7 Å². The van der Waals surface area contributed by atoms with Crippen LogP contribution in [0.15, 0.2) is 41.0 Å². The van der Waals surface area contributed by atoms with Gasteiger partial charge in [0, 0.05) is 23.0 Å². The molecule has 0 saturated heterocycles. The second-order valence-corrected chi connectivity index (χ2v) is 6.19. The van der Waals surface area contributed by atoms with Crippen LogP contribution in [0.3, 0.4) is 0 Å². The molecule has 2 aliphatic rings. The van der Waals surface area contributed by atoms with Gasteiger partial charge in [-0.2, -0.15) is 0 Å². The van der Waals surface area contributed by atoms with E-state index in [2.05, 4.69) is 42.6 Å². The summed E-state index contributed by atoms with van der Waals surface area (Å²) < 4.78 is 5.83. The molecule has 2 nitrogen and oxygen atoms in total. The van der Waals surface area contributed by atoms with Crippen LogP contribution in [0, 0.1) is 0 Å². The van der Waals surface area contributed by atoms with E-state index in [4.69, 9.17) is 4.74 Å². The Morgan fingerprint density at radius 1 is 1.42 bits per heavy atom. The first-order valence-corrected chi connectivity index (χ1v) is 8.16. The van der Waals surface area contributed by atoms with Crippen LogP contribution in [-0.4, -0.2) is 24.9 Å². The van der Waals surface area contributed by atoms with E-state index in [0.29, 0.717) is 12.0 Å². The molecule has 0 radical (unpaired) electrons. The molecular formula is C16H21NOS. The van der Waals surface area contributed by atoms with E-state index in [1.165, 1.54) is 10.5 Å². The molecule has 3 rings (SSSR count). The molecule has 0 spiro atoms. The highest BCUT2D eigenvalue weighted by atomic mass is 32.2. The Morgan fingerprint density at radius 2 is 2.32 bits per heavy atom. The van der Waals surface area contributed by atoms with E-state index in [1.807, 2.05) is 11.8 Å². The van der Waals surface area contributed by atoms with Gasteiger partial charge in [0.1, 0.15) is 5.76 Å². The predicted octanol–water partition coefficient (Wildman–Crippen LogP) is 3.55. The van der Waals surface area contributed by atoms with Crippen LogP contribution in [0.5, 0.6) is 0 Å². The van der Waals surface area contributed by atoms with E-state index in [-0.39, 0.29) is 0 Å². The highest BCUT2D eigenvalue weighted by molar-refractivity contribution is 7.99. The van der Waals surface area contributed by atoms with Gasteiger partial charge < -0.3 is 10.1 Å². The number of ether oxygens (including phenoxy) is 1. The summed E-state index contributed by atoms with van der Waals surface area (Å²) in [4.78, 5) is 1.44. The molecule has 2 heterocycles. The molecule has 3 heteroatoms. The monoisotopic (exact) mass is 275 g/mol. The van der Waals surface area contributed by atoms with Crippen molar-refractivity contribution in [2.75, 3.05) is 18.9 Å². The van der Waals surface area contributed by atoms with Crippen LogP contribution in [0.1, 0.15) is 31.2 Å². The fourth-order valence-electron chi connectivity index (χ4n) is 2.86. The lowest BCUT2D eigenvalue weighted by Gasteiger charge is -2.26. The van der Waals surface area contributed by atoms with E-state index < -0.39 is 0 Å². The third-order valence-corrected chi connectivity index (χ3v) is 5.00. The van der Waals surface area contributed by atoms with Crippen molar-refractivity contribution in [2.24, 2.45) is 0 Å². The van der Waals surface area contributed by atoms with E-state index in [1.54, 1.807) is 0 Å². The quantitative estimate of drug-likeness (QED) is 0.888. The first-order valence-electron chi connectivity index (χ1n) is 7.18. The number of nitrogens with one attached hydrogen (secondary N) is 1. The standard InChI is InChI=1S/C16H21NOS/c1-2-9-17-16(14-7-5-10-18-14)13-11-19-15-8-4-3-6-12(13)15/h3-4,6-8,13,16-17H,2,5,9-11H2,1H3. The number of fused-ring (bicyclic) bond motifs is 1. The first kappa shape index (κ1) is 13.1. The third kappa shape index (κ3) is 2.67. The molecule has 0 fully saturated rings. The van der Waals surface area contributed by atoms with Gasteiger partial charge in [-0.05, 0) is 30.7 Å². The van der Waals surface area contributed by atoms with Crippen molar-refractivity contribution in [3.63, 3.8) is 0 Å². The van der Waals surface area contributed by atoms with Gasteiger partial charge in [0.2, 0.25) is 0 Å². The molecule has 2 aliphatic heterocycles. The van der Waals surface area contributed by atoms with Gasteiger partial charge in [-0.1, -0.05) is 25.1 Å². The average molecular weight is 275 g/mol. The van der Waals surface area contributed by atoms with Crippen molar-refractivity contribution in [3.8, 4) is 0 Å². The Labute approximate surface area is 119 Å². The normalized spacial score (nSPS) is 22.8. The largest absolute Gasteiger partial charge is 0.496 e. The zero-order valence-corrected chi connectivity index (χ0v) is 12.2. The van der Waals surface area contributed by atoms with Gasteiger partial charge >= 0.3 is 0 Å². The molecule has 1 N–H and O–H groups in total. The fourth-order valence-corrected chi connectivity index (χ4v) is 4.15. The topological polar surface area (TPSA) is 21.3 Å². The van der Waals surface area contributed by atoms with Gasteiger partial charge in [0.25, 0.3) is 0 Å². The van der Waals surface area contributed by atoms with Crippen LogP contribution in [-0.2, 0) is 4.74 Å². The zero-order chi connectivity index (χ0) is 13.1. The summed E-state index contributed by atoms with van der Waals surface area (Å²) in [7, 11) is 0. The molecule has 0 aliphatic carbocycles. The number of thioether (sulfide) groups is 1. The minimum Gasteiger partial charge on any atom is -0.496 e. The molecule has 19 heavy (non-hydrogen) atoms. The molecule has 1 aromatic rings. The Morgan fingerprint density at radius 3 is 3.11 bits per heavy atom. The maximum Gasteiger partial charge on any atom is 0.110 e. The summed E-state index contributed by atoms with van der Waals surface area (Å²) in [6, 6.07) is 9.14. The Kier molecular flexibility index (Phi) is 4.14. The Bertz CT molecular complexity index is 472. The smallest absolute Gasteiger partial charge is 0.110 e. The lowest BCUT2D eigenvalue weighted by atomic mass is 9.92. The van der Waals surface area contributed by atoms with Gasteiger partial charge in [0.05, 0.1) is 12.6 Å². The first-order chi connectivity index (χ1) is 9.40. The number of benzene rings is 1. The van der Waals surface area contributed by atoms with E-state index in [9.17, 15) is 0 Å². The van der Waals surface area contributed by atoms with E-state index in [0.717, 1.165) is 37.5 Å². The van der Waals surface area contributed by atoms with Crippen molar-refractivity contribution >= 4 is 11.8 Å². The van der Waals surface area contributed by atoms with Gasteiger partial charge in [-0.25, -0.2) is 0 Å². The maximum atomic E-state index is 5.83. The van der Waals surface area contributed by atoms with Crippen LogP contribution < -0.4 is 5.32 Å². The fraction of sp³-hybridized carbons (Fsp3) is 0.500. The molecule has 102 valence electrons. The van der Waals surface area contributed by atoms with Crippen molar-refractivity contribution in [2.45, 2.75) is 36.6 Å². The van der Waals surface area contributed by atoms with Crippen LogP contribution >= 0.6 is 11.8 Å². The SMILES string of the molecule is CCCNC(C1=CCCO1)C1CSc2ccccc21. The summed E-state index contributed by atoms with van der Waals surface area (Å²) in [5.41, 5.74) is 1.48. The van der Waals surface area contributed by atoms with Crippen LogP contribution in [0.4, 0.5) is 0 Å². The van der Waals surface area contributed by atoms with Crippen molar-refractivity contribution in [1.29, 1.82) is 0 Å². The second kappa shape index (κ2) is 6.02. The van der Waals surface area contributed by atoms with Crippen molar-refractivity contribution in [1.82, 2.24) is 5.32 Å². The summed E-state index contributed by atoms with van der Waals surface area (Å²) in [6.45, 7) is 4.11. The minimum absolute atomic E-state index is 0.346. The van der Waals surface area contributed by atoms with Gasteiger partial charge in [0.15, 0.2) is 0 Å². The summed E-state index contributed by atoms with van der Waals surface area (Å²) in [5, 5.41) is 3.69. The Balaban J connectivity index is 1.84. The Hall–Kier alpha value is -0.930. The minimum atomic E-state index is 0.346. The number of rotatable bonds is 5. The van der Waals surface area contributed by atoms with Gasteiger partial charge in [-0.15, -0.1) is 11.8 Å². The molecular weight excluding hydrogens is 254 g/mol. The maximum absolute atomic E-state index is 5.83. The predicted molar refractivity (Wildman–Crippen MR) is 80.6 cm³/mol. The lowest BCUT2D eigenvalue weighted by molar-refractivity contribution is 0.208. The summed E-state index contributed by atoms with van der Waals surface area (Å²) >= 11 is 1.97. The third-order valence-electron chi connectivity index (χ3n) is 3.79. The molecule has 0 bridgehead atoms. The van der Waals surface area contributed by atoms with E-state index >= 15 is 0 Å².